The Bertz CT molecular complexity index is 925. The van der Waals surface area contributed by atoms with Crippen LogP contribution in [0.5, 0.6) is 11.5 Å². The van der Waals surface area contributed by atoms with Gasteiger partial charge in [0.05, 0.1) is 0 Å². The second-order valence-electron chi connectivity index (χ2n) is 5.49. The first kappa shape index (κ1) is 16.1. The number of hydrogen-bond donors (Lipinski definition) is 3. The molecule has 0 aliphatic carbocycles. The van der Waals surface area contributed by atoms with Crippen molar-refractivity contribution in [2.75, 3.05) is 12.1 Å². The minimum atomic E-state index is -4.78. The Balaban J connectivity index is 1.82. The highest BCUT2D eigenvalue weighted by atomic mass is 31.2. The van der Waals surface area contributed by atoms with E-state index in [1.165, 1.54) is 12.1 Å². The van der Waals surface area contributed by atoms with Crippen LogP contribution < -0.4 is 14.8 Å². The van der Waals surface area contributed by atoms with Gasteiger partial charge in [-0.2, -0.15) is 0 Å². The third kappa shape index (κ3) is 3.12. The van der Waals surface area contributed by atoms with Crippen LogP contribution in [0.15, 0.2) is 42.5 Å². The van der Waals surface area contributed by atoms with Crippen LogP contribution in [0.2, 0.25) is 0 Å². The molecule has 0 amide bonds. The fraction of sp³-hybridized carbons (Fsp3) is 0.125. The van der Waals surface area contributed by atoms with Crippen LogP contribution in [-0.2, 0) is 9.09 Å². The highest BCUT2D eigenvalue weighted by Crippen LogP contribution is 2.50. The maximum absolute atomic E-state index is 14.1. The van der Waals surface area contributed by atoms with Crippen molar-refractivity contribution in [1.82, 2.24) is 0 Å². The zero-order chi connectivity index (χ0) is 17.6. The average Bonchev–Trinajstić information content (AvgIpc) is 2.99. The quantitative estimate of drug-likeness (QED) is 0.719. The zero-order valence-electron chi connectivity index (χ0n) is 12.7. The molecular weight excluding hydrogens is 352 g/mol. The molecule has 1 unspecified atom stereocenters. The number of phosphoric ester groups is 1. The average molecular weight is 365 g/mol. The highest BCUT2D eigenvalue weighted by molar-refractivity contribution is 7.46. The molecule has 2 aromatic carbocycles. The fourth-order valence-corrected chi connectivity index (χ4v) is 3.27. The molecule has 0 aromatic heterocycles. The number of phosphoric acid groups is 1. The van der Waals surface area contributed by atoms with Crippen LogP contribution in [0, 0.1) is 5.82 Å². The van der Waals surface area contributed by atoms with Gasteiger partial charge in [0, 0.05) is 28.6 Å². The predicted molar refractivity (Wildman–Crippen MR) is 86.4 cm³/mol. The lowest BCUT2D eigenvalue weighted by atomic mass is 9.98. The van der Waals surface area contributed by atoms with Gasteiger partial charge in [-0.1, -0.05) is 12.1 Å². The lowest BCUT2D eigenvalue weighted by Gasteiger charge is -2.27. The molecule has 130 valence electrons. The van der Waals surface area contributed by atoms with Crippen molar-refractivity contribution in [1.29, 1.82) is 0 Å². The van der Waals surface area contributed by atoms with Crippen LogP contribution in [0.3, 0.4) is 0 Å². The summed E-state index contributed by atoms with van der Waals surface area (Å²) in [7, 11) is -4.78. The first-order valence-electron chi connectivity index (χ1n) is 7.32. The van der Waals surface area contributed by atoms with Crippen molar-refractivity contribution in [3.63, 3.8) is 0 Å². The molecule has 1 atom stereocenters. The van der Waals surface area contributed by atoms with Crippen LogP contribution in [0.25, 0.3) is 5.70 Å². The lowest BCUT2D eigenvalue weighted by molar-refractivity contribution is 0.161. The van der Waals surface area contributed by atoms with E-state index in [4.69, 9.17) is 14.0 Å². The van der Waals surface area contributed by atoms with Gasteiger partial charge in [0.2, 0.25) is 6.79 Å². The zero-order valence-corrected chi connectivity index (χ0v) is 13.6. The maximum Gasteiger partial charge on any atom is 0.470 e. The third-order valence-corrected chi connectivity index (χ3v) is 4.36. The number of halogens is 1. The van der Waals surface area contributed by atoms with Crippen molar-refractivity contribution in [2.24, 2.45) is 0 Å². The molecule has 0 bridgehead atoms. The number of fused-ring (bicyclic) bond motifs is 2. The summed E-state index contributed by atoms with van der Waals surface area (Å²) >= 11 is 0. The summed E-state index contributed by atoms with van der Waals surface area (Å²) in [5.74, 6) is 0.457. The Hall–Kier alpha value is -2.38. The molecule has 25 heavy (non-hydrogen) atoms. The molecule has 7 nitrogen and oxygen atoms in total. The maximum atomic E-state index is 14.1. The molecule has 4 rings (SSSR count). The van der Waals surface area contributed by atoms with E-state index in [2.05, 4.69) is 5.32 Å². The molecule has 3 N–H and O–H groups in total. The van der Waals surface area contributed by atoms with Gasteiger partial charge < -0.3 is 24.6 Å². The lowest BCUT2D eigenvalue weighted by Crippen LogP contribution is -2.14. The van der Waals surface area contributed by atoms with E-state index in [-0.39, 0.29) is 12.4 Å². The molecule has 2 aromatic rings. The summed E-state index contributed by atoms with van der Waals surface area (Å²) in [5, 5.41) is 3.05. The number of rotatable bonds is 3. The summed E-state index contributed by atoms with van der Waals surface area (Å²) in [6, 6.07) is 9.28. The van der Waals surface area contributed by atoms with E-state index < -0.39 is 19.7 Å². The van der Waals surface area contributed by atoms with E-state index in [0.29, 0.717) is 28.4 Å². The van der Waals surface area contributed by atoms with Crippen LogP contribution in [0.4, 0.5) is 10.1 Å². The first-order chi connectivity index (χ1) is 11.9. The molecule has 0 saturated heterocycles. The normalized spacial score (nSPS) is 18.4. The Morgan fingerprint density at radius 2 is 1.92 bits per heavy atom. The smallest absolute Gasteiger partial charge is 0.454 e. The molecule has 9 heteroatoms. The second-order valence-corrected chi connectivity index (χ2v) is 6.69. The largest absolute Gasteiger partial charge is 0.470 e. The van der Waals surface area contributed by atoms with Crippen LogP contribution in [0.1, 0.15) is 17.2 Å². The second kappa shape index (κ2) is 5.86. The molecule has 0 spiro atoms. The van der Waals surface area contributed by atoms with E-state index >= 15 is 0 Å². The van der Waals surface area contributed by atoms with E-state index in [1.54, 1.807) is 30.3 Å². The van der Waals surface area contributed by atoms with Gasteiger partial charge in [-0.15, -0.1) is 0 Å². The minimum absolute atomic E-state index is 0.0514. The number of anilines is 1. The summed E-state index contributed by atoms with van der Waals surface area (Å²) < 4.78 is 41.0. The molecule has 2 aliphatic heterocycles. The summed E-state index contributed by atoms with van der Waals surface area (Å²) in [6.45, 7) is 0.0514. The molecular formula is C16H13FNO6P. The predicted octanol–water partition coefficient (Wildman–Crippen LogP) is 3.17. The number of benzene rings is 2. The van der Waals surface area contributed by atoms with Gasteiger partial charge in [-0.3, -0.25) is 4.52 Å². The Morgan fingerprint density at radius 3 is 2.64 bits per heavy atom. The molecule has 2 aliphatic rings. The molecule has 0 saturated carbocycles. The van der Waals surface area contributed by atoms with Crippen LogP contribution >= 0.6 is 7.82 Å². The summed E-state index contributed by atoms with van der Waals surface area (Å²) in [4.78, 5) is 18.4. The van der Waals surface area contributed by atoms with Crippen molar-refractivity contribution in [3.8, 4) is 11.5 Å². The molecule has 0 radical (unpaired) electrons. The molecule has 0 fully saturated rings. The monoisotopic (exact) mass is 365 g/mol. The van der Waals surface area contributed by atoms with Gasteiger partial charge in [0.1, 0.15) is 11.9 Å². The van der Waals surface area contributed by atoms with Gasteiger partial charge in [0.25, 0.3) is 0 Å². The van der Waals surface area contributed by atoms with Crippen molar-refractivity contribution in [2.45, 2.75) is 6.10 Å². The first-order valence-corrected chi connectivity index (χ1v) is 8.85. The summed E-state index contributed by atoms with van der Waals surface area (Å²) in [5.41, 5.74) is 1.53. The van der Waals surface area contributed by atoms with E-state index in [1.807, 2.05) is 0 Å². The number of hydrogen-bond acceptors (Lipinski definition) is 5. The SMILES string of the molecule is O=P(O)(O)OC1C=C(c2ccccc2F)Nc2cc3c(cc21)OCO3. The van der Waals surface area contributed by atoms with Crippen molar-refractivity contribution >= 4 is 19.2 Å². The van der Waals surface area contributed by atoms with E-state index in [0.717, 1.165) is 0 Å². The van der Waals surface area contributed by atoms with Crippen LogP contribution in [-0.4, -0.2) is 16.6 Å². The Labute approximate surface area is 141 Å². The Kier molecular flexibility index (Phi) is 3.77. The topological polar surface area (TPSA) is 97.3 Å². The van der Waals surface area contributed by atoms with Gasteiger partial charge in [0.15, 0.2) is 11.5 Å². The van der Waals surface area contributed by atoms with Gasteiger partial charge in [-0.05, 0) is 24.3 Å². The van der Waals surface area contributed by atoms with Gasteiger partial charge >= 0.3 is 7.82 Å². The number of nitrogens with one attached hydrogen (secondary N) is 1. The van der Waals surface area contributed by atoms with E-state index in [9.17, 15) is 18.7 Å². The standard InChI is InChI=1S/C16H13FNO6P/c17-11-4-2-1-3-9(11)12-6-14(24-25(19,20)21)10-5-15-16(23-8-22-15)7-13(10)18-12/h1-7,14,18H,8H2,(H2,19,20,21). The van der Waals surface area contributed by atoms with Gasteiger partial charge in [-0.25, -0.2) is 8.96 Å². The minimum Gasteiger partial charge on any atom is -0.454 e. The van der Waals surface area contributed by atoms with Crippen molar-refractivity contribution in [3.05, 3.63) is 59.4 Å². The fourth-order valence-electron chi connectivity index (χ4n) is 2.80. The summed E-state index contributed by atoms with van der Waals surface area (Å²) in [6.07, 6.45) is 0.336. The number of ether oxygens (including phenoxy) is 2. The Morgan fingerprint density at radius 1 is 1.20 bits per heavy atom. The molecule has 2 heterocycles. The van der Waals surface area contributed by atoms with Crippen molar-refractivity contribution < 1.29 is 32.7 Å². The highest BCUT2D eigenvalue weighted by Gasteiger charge is 2.31. The third-order valence-electron chi connectivity index (χ3n) is 3.85.